The molecule has 1 aromatic heterocycles. The highest BCUT2D eigenvalue weighted by Gasteiger charge is 2.13. The molecular weight excluding hydrogens is 164 g/mol. The van der Waals surface area contributed by atoms with E-state index in [0.29, 0.717) is 0 Å². The Morgan fingerprint density at radius 2 is 2.42 bits per heavy atom. The molecule has 1 heterocycles. The molecule has 0 atom stereocenters. The minimum atomic E-state index is -0.658. The smallest absolute Gasteiger partial charge is 0.367 e. The maximum atomic E-state index is 10.2. The van der Waals surface area contributed by atoms with Crippen LogP contribution in [-0.4, -0.2) is 20.9 Å². The summed E-state index contributed by atoms with van der Waals surface area (Å²) in [5.74, 6) is -0.728. The van der Waals surface area contributed by atoms with E-state index in [2.05, 4.69) is 15.0 Å². The van der Waals surface area contributed by atoms with E-state index in [9.17, 15) is 10.1 Å². The lowest BCUT2D eigenvalue weighted by Gasteiger charge is -1.90. The van der Waals surface area contributed by atoms with E-state index < -0.39 is 4.92 Å². The summed E-state index contributed by atoms with van der Waals surface area (Å²) in [5.41, 5.74) is 10.0. The van der Waals surface area contributed by atoms with Crippen LogP contribution < -0.4 is 11.5 Å². The third kappa shape index (κ3) is 1.48. The molecule has 0 fully saturated rings. The molecule has 8 heteroatoms. The molecule has 0 aliphatic rings. The van der Waals surface area contributed by atoms with Gasteiger partial charge in [-0.25, -0.2) is 4.98 Å². The number of guanidine groups is 1. The molecule has 8 nitrogen and oxygen atoms in total. The Morgan fingerprint density at radius 3 is 2.92 bits per heavy atom. The number of nitrogens with zero attached hydrogens (tertiary/aromatic N) is 3. The number of hydrogen-bond acceptors (Lipinski definition) is 4. The largest absolute Gasteiger partial charge is 0.370 e. The van der Waals surface area contributed by atoms with Crippen molar-refractivity contribution < 1.29 is 4.92 Å². The first-order valence-corrected chi connectivity index (χ1v) is 2.88. The van der Waals surface area contributed by atoms with E-state index in [1.807, 2.05) is 0 Å². The van der Waals surface area contributed by atoms with Crippen LogP contribution in [0.4, 0.5) is 11.6 Å². The van der Waals surface area contributed by atoms with Gasteiger partial charge in [-0.05, 0) is 4.92 Å². The summed E-state index contributed by atoms with van der Waals surface area (Å²) in [6.07, 6.45) is 1.14. The fourth-order valence-electron chi connectivity index (χ4n) is 0.619. The number of hydrogen-bond donors (Lipinski definition) is 3. The monoisotopic (exact) mass is 170 g/mol. The Bertz CT molecular complexity index is 324. The van der Waals surface area contributed by atoms with E-state index in [0.717, 1.165) is 6.33 Å². The fraction of sp³-hybridized carbons (Fsp3) is 0. The van der Waals surface area contributed by atoms with Gasteiger partial charge in [0.15, 0.2) is 12.3 Å². The molecule has 0 amide bonds. The summed E-state index contributed by atoms with van der Waals surface area (Å²) in [6.45, 7) is 0. The maximum Gasteiger partial charge on any atom is 0.367 e. The van der Waals surface area contributed by atoms with Crippen LogP contribution in [0.15, 0.2) is 11.3 Å². The van der Waals surface area contributed by atoms with Gasteiger partial charge in [0.25, 0.3) is 5.82 Å². The van der Waals surface area contributed by atoms with Crippen LogP contribution in [0.1, 0.15) is 0 Å². The summed E-state index contributed by atoms with van der Waals surface area (Å²) < 4.78 is 0. The lowest BCUT2D eigenvalue weighted by Crippen LogP contribution is -2.22. The first-order chi connectivity index (χ1) is 5.61. The molecule has 0 aromatic carbocycles. The molecular formula is C4H6N6O2. The van der Waals surface area contributed by atoms with Crippen LogP contribution in [0.2, 0.25) is 0 Å². The summed E-state index contributed by atoms with van der Waals surface area (Å²) in [5, 5.41) is 10.2. The average molecular weight is 170 g/mol. The number of aromatic nitrogens is 2. The Morgan fingerprint density at radius 1 is 1.75 bits per heavy atom. The normalized spacial score (nSPS) is 9.33. The molecule has 1 rings (SSSR count). The standard InChI is InChI=1S/C4H6N6O2/c5-4(6)9-2-3(10(11)12)8-1-7-2/h1H,(H,7,8)(H4,5,6,9). The van der Waals surface area contributed by atoms with Gasteiger partial charge in [0.05, 0.1) is 0 Å². The van der Waals surface area contributed by atoms with E-state index in [4.69, 9.17) is 11.5 Å². The van der Waals surface area contributed by atoms with Gasteiger partial charge in [-0.2, -0.15) is 9.98 Å². The summed E-state index contributed by atoms with van der Waals surface area (Å²) in [6, 6.07) is 0. The number of nitro groups is 1. The van der Waals surface area contributed by atoms with Crippen molar-refractivity contribution in [1.82, 2.24) is 9.97 Å². The third-order valence-electron chi connectivity index (χ3n) is 1.02. The van der Waals surface area contributed by atoms with Crippen LogP contribution in [0.5, 0.6) is 0 Å². The number of nitrogens with one attached hydrogen (secondary N) is 1. The van der Waals surface area contributed by atoms with Crippen molar-refractivity contribution in [2.75, 3.05) is 0 Å². The van der Waals surface area contributed by atoms with Crippen molar-refractivity contribution in [1.29, 1.82) is 0 Å². The Labute approximate surface area is 66.5 Å². The number of aromatic amines is 1. The van der Waals surface area contributed by atoms with Crippen LogP contribution in [0.25, 0.3) is 0 Å². The van der Waals surface area contributed by atoms with Crippen LogP contribution >= 0.6 is 0 Å². The number of rotatable bonds is 2. The molecule has 0 unspecified atom stereocenters. The molecule has 64 valence electrons. The van der Waals surface area contributed by atoms with Crippen molar-refractivity contribution in [2.24, 2.45) is 16.5 Å². The number of imidazole rings is 1. The zero-order valence-electron chi connectivity index (χ0n) is 5.89. The minimum Gasteiger partial charge on any atom is -0.370 e. The van der Waals surface area contributed by atoms with Crippen molar-refractivity contribution in [3.05, 3.63) is 16.4 Å². The van der Waals surface area contributed by atoms with Gasteiger partial charge in [0, 0.05) is 0 Å². The second-order valence-electron chi connectivity index (χ2n) is 1.87. The second-order valence-corrected chi connectivity index (χ2v) is 1.87. The zero-order valence-corrected chi connectivity index (χ0v) is 5.89. The van der Waals surface area contributed by atoms with Crippen LogP contribution in [0, 0.1) is 10.1 Å². The van der Waals surface area contributed by atoms with E-state index in [-0.39, 0.29) is 17.6 Å². The van der Waals surface area contributed by atoms with Gasteiger partial charge in [0.2, 0.25) is 0 Å². The molecule has 12 heavy (non-hydrogen) atoms. The highest BCUT2D eigenvalue weighted by molar-refractivity contribution is 5.79. The Kier molecular flexibility index (Phi) is 1.90. The highest BCUT2D eigenvalue weighted by atomic mass is 16.6. The van der Waals surface area contributed by atoms with Crippen LogP contribution in [-0.2, 0) is 0 Å². The average Bonchev–Trinajstić information content (AvgIpc) is 2.33. The number of nitrogens with two attached hydrogens (primary N) is 2. The predicted octanol–water partition coefficient (Wildman–Crippen LogP) is -0.777. The fourth-order valence-corrected chi connectivity index (χ4v) is 0.619. The summed E-state index contributed by atoms with van der Waals surface area (Å²) >= 11 is 0. The van der Waals surface area contributed by atoms with Gasteiger partial charge < -0.3 is 21.6 Å². The molecule has 0 saturated heterocycles. The molecule has 0 aliphatic heterocycles. The highest BCUT2D eigenvalue weighted by Crippen LogP contribution is 2.20. The van der Waals surface area contributed by atoms with Crippen molar-refractivity contribution in [3.63, 3.8) is 0 Å². The van der Waals surface area contributed by atoms with E-state index >= 15 is 0 Å². The van der Waals surface area contributed by atoms with Gasteiger partial charge in [0.1, 0.15) is 0 Å². The quantitative estimate of drug-likeness (QED) is 0.231. The number of aliphatic imine (C=N–C) groups is 1. The Balaban J connectivity index is 3.08. The van der Waals surface area contributed by atoms with Crippen molar-refractivity contribution in [2.45, 2.75) is 0 Å². The first kappa shape index (κ1) is 7.98. The molecule has 0 bridgehead atoms. The topological polar surface area (TPSA) is 136 Å². The van der Waals surface area contributed by atoms with Crippen molar-refractivity contribution >= 4 is 17.6 Å². The maximum absolute atomic E-state index is 10.2. The summed E-state index contributed by atoms with van der Waals surface area (Å²) in [4.78, 5) is 18.8. The molecule has 0 saturated carbocycles. The lowest BCUT2D eigenvalue weighted by molar-refractivity contribution is -0.388. The van der Waals surface area contributed by atoms with Gasteiger partial charge in [-0.3, -0.25) is 0 Å². The minimum absolute atomic E-state index is 0.125. The van der Waals surface area contributed by atoms with Gasteiger partial charge in [-0.1, -0.05) is 0 Å². The SMILES string of the molecule is NC(N)=Nc1nc[nH]c1[N+](=O)[O-]. The van der Waals surface area contributed by atoms with Gasteiger partial charge >= 0.3 is 5.82 Å². The summed E-state index contributed by atoms with van der Waals surface area (Å²) in [7, 11) is 0. The zero-order chi connectivity index (χ0) is 9.14. The predicted molar refractivity (Wildman–Crippen MR) is 40.7 cm³/mol. The first-order valence-electron chi connectivity index (χ1n) is 2.88. The van der Waals surface area contributed by atoms with Gasteiger partial charge in [-0.15, -0.1) is 0 Å². The third-order valence-corrected chi connectivity index (χ3v) is 1.02. The molecule has 5 N–H and O–H groups in total. The second kappa shape index (κ2) is 2.86. The van der Waals surface area contributed by atoms with Crippen molar-refractivity contribution in [3.8, 4) is 0 Å². The van der Waals surface area contributed by atoms with E-state index in [1.54, 1.807) is 0 Å². The molecule has 0 spiro atoms. The Hall–Kier alpha value is -2.12. The lowest BCUT2D eigenvalue weighted by atomic mass is 10.6. The number of H-pyrrole nitrogens is 1. The molecule has 0 aliphatic carbocycles. The molecule has 0 radical (unpaired) electrons. The van der Waals surface area contributed by atoms with Crippen LogP contribution in [0.3, 0.4) is 0 Å². The van der Waals surface area contributed by atoms with E-state index in [1.165, 1.54) is 0 Å². The molecule has 1 aromatic rings.